The molecule has 0 spiro atoms. The summed E-state index contributed by atoms with van der Waals surface area (Å²) in [5.41, 5.74) is 11.3. The van der Waals surface area contributed by atoms with Crippen LogP contribution in [-0.4, -0.2) is 78.0 Å². The number of nitrogens with one attached hydrogen (secondary N) is 6. The second-order valence-electron chi connectivity index (χ2n) is 11.7. The lowest BCUT2D eigenvalue weighted by atomic mass is 9.99. The molecule has 0 bridgehead atoms. The maximum absolute atomic E-state index is 13.7. The summed E-state index contributed by atoms with van der Waals surface area (Å²) in [6.07, 6.45) is 1.93. The van der Waals surface area contributed by atoms with Crippen LogP contribution in [0.3, 0.4) is 0 Å². The molecule has 0 aliphatic rings. The first-order valence-corrected chi connectivity index (χ1v) is 16.5. The fourth-order valence-corrected chi connectivity index (χ4v) is 5.55. The second-order valence-corrected chi connectivity index (χ2v) is 12.7. The topological polar surface area (TPSA) is 251 Å². The van der Waals surface area contributed by atoms with Crippen molar-refractivity contribution < 1.29 is 28.8 Å². The molecule has 5 amide bonds. The SMILES string of the molecule is CC(=O)N[C@@H](CC(=O)NCCCC(CNC(=O)CCC(C)C)C(=O)NC(CCCNC(=N)N)C(=O)c1nc2ccccc2s1)C(N)=O. The van der Waals surface area contributed by atoms with E-state index in [9.17, 15) is 28.8 Å². The molecule has 16 heteroatoms. The molecule has 0 radical (unpaired) electrons. The van der Waals surface area contributed by atoms with E-state index in [0.717, 1.165) is 4.70 Å². The molecule has 0 aliphatic carbocycles. The molecule has 1 heterocycles. The van der Waals surface area contributed by atoms with Gasteiger partial charge in [-0.1, -0.05) is 26.0 Å². The van der Waals surface area contributed by atoms with Crippen molar-refractivity contribution in [1.29, 1.82) is 5.41 Å². The number of nitrogens with zero attached hydrogens (tertiary/aromatic N) is 1. The first kappa shape index (κ1) is 38.6. The molecule has 47 heavy (non-hydrogen) atoms. The van der Waals surface area contributed by atoms with Crippen molar-refractivity contribution in [3.63, 3.8) is 0 Å². The minimum Gasteiger partial charge on any atom is -0.370 e. The van der Waals surface area contributed by atoms with Crippen molar-refractivity contribution in [2.45, 2.75) is 77.8 Å². The van der Waals surface area contributed by atoms with E-state index < -0.39 is 41.6 Å². The van der Waals surface area contributed by atoms with E-state index in [1.54, 1.807) is 6.07 Å². The standard InChI is InChI=1S/C31H47N9O6S/c1-18(2)12-13-25(42)37-17-20(8-6-14-35-26(43)16-23(28(32)45)38-19(3)41)29(46)39-22(10-7-15-36-31(33)34)27(44)30-40-21-9-4-5-11-24(21)47-30/h4-5,9,11,18,20,22-23H,6-8,10,12-17H2,1-3H3,(H2,32,45)(H,35,43)(H,37,42)(H,38,41)(H,39,46)(H4,33,34,36)/t20?,22?,23-/m0/s1. The fraction of sp³-hybridized carbons (Fsp3) is 0.548. The van der Waals surface area contributed by atoms with Crippen LogP contribution in [-0.2, 0) is 24.0 Å². The molecule has 0 fully saturated rings. The number of guanidine groups is 1. The summed E-state index contributed by atoms with van der Waals surface area (Å²) in [6.45, 7) is 5.72. The molecule has 2 aromatic rings. The summed E-state index contributed by atoms with van der Waals surface area (Å²) in [4.78, 5) is 79.5. The summed E-state index contributed by atoms with van der Waals surface area (Å²) in [5, 5.41) is 21.0. The third kappa shape index (κ3) is 14.6. The number of carbonyl (C=O) groups is 6. The lowest BCUT2D eigenvalue weighted by Crippen LogP contribution is -2.47. The average Bonchev–Trinajstić information content (AvgIpc) is 3.44. The number of amides is 5. The van der Waals surface area contributed by atoms with Gasteiger partial charge in [-0.15, -0.1) is 11.3 Å². The van der Waals surface area contributed by atoms with E-state index in [4.69, 9.17) is 16.9 Å². The van der Waals surface area contributed by atoms with Crippen LogP contribution in [0.4, 0.5) is 0 Å². The van der Waals surface area contributed by atoms with Crippen LogP contribution in [0.2, 0.25) is 0 Å². The third-order valence-corrected chi connectivity index (χ3v) is 8.20. The Morgan fingerprint density at radius 3 is 2.19 bits per heavy atom. The van der Waals surface area contributed by atoms with Gasteiger partial charge in [0.25, 0.3) is 0 Å². The molecular weight excluding hydrogens is 626 g/mol. The Balaban J connectivity index is 2.13. The molecule has 2 unspecified atom stereocenters. The van der Waals surface area contributed by atoms with E-state index in [2.05, 4.69) is 31.6 Å². The van der Waals surface area contributed by atoms with Crippen molar-refractivity contribution in [3.8, 4) is 0 Å². The van der Waals surface area contributed by atoms with Gasteiger partial charge in [-0.3, -0.25) is 34.2 Å². The van der Waals surface area contributed by atoms with Gasteiger partial charge in [-0.05, 0) is 50.2 Å². The van der Waals surface area contributed by atoms with Gasteiger partial charge in [-0.2, -0.15) is 0 Å². The van der Waals surface area contributed by atoms with E-state index in [1.807, 2.05) is 32.0 Å². The second kappa shape index (κ2) is 19.8. The van der Waals surface area contributed by atoms with Gasteiger partial charge in [0.1, 0.15) is 6.04 Å². The van der Waals surface area contributed by atoms with Crippen LogP contribution >= 0.6 is 11.3 Å². The van der Waals surface area contributed by atoms with Crippen LogP contribution in [0.5, 0.6) is 0 Å². The number of rotatable bonds is 21. The Morgan fingerprint density at radius 2 is 1.55 bits per heavy atom. The summed E-state index contributed by atoms with van der Waals surface area (Å²) in [5.74, 6) is -3.44. The van der Waals surface area contributed by atoms with Gasteiger partial charge in [-0.25, -0.2) is 4.98 Å². The molecule has 15 nitrogen and oxygen atoms in total. The number of primary amides is 1. The average molecular weight is 674 g/mol. The highest BCUT2D eigenvalue weighted by Gasteiger charge is 2.28. The predicted octanol–water partition coefficient (Wildman–Crippen LogP) is 0.672. The Labute approximate surface area is 278 Å². The monoisotopic (exact) mass is 673 g/mol. The Hall–Kier alpha value is -4.60. The van der Waals surface area contributed by atoms with Gasteiger partial charge >= 0.3 is 0 Å². The molecule has 3 atom stereocenters. The van der Waals surface area contributed by atoms with Crippen molar-refractivity contribution in [2.24, 2.45) is 23.3 Å². The van der Waals surface area contributed by atoms with Gasteiger partial charge in [0.15, 0.2) is 11.0 Å². The highest BCUT2D eigenvalue weighted by Crippen LogP contribution is 2.23. The fourth-order valence-electron chi connectivity index (χ4n) is 4.59. The normalized spacial score (nSPS) is 12.9. The molecule has 1 aromatic carbocycles. The summed E-state index contributed by atoms with van der Waals surface area (Å²) in [6, 6.07) is 5.27. The number of nitrogens with two attached hydrogens (primary N) is 2. The van der Waals surface area contributed by atoms with Crippen molar-refractivity contribution in [2.75, 3.05) is 19.6 Å². The molecule has 1 aromatic heterocycles. The van der Waals surface area contributed by atoms with Crippen LogP contribution in [0.1, 0.15) is 75.5 Å². The summed E-state index contributed by atoms with van der Waals surface area (Å²) in [7, 11) is 0. The number of thiazole rings is 1. The number of carbonyl (C=O) groups excluding carboxylic acids is 6. The zero-order valence-corrected chi connectivity index (χ0v) is 28.0. The number of para-hydroxylation sites is 1. The van der Waals surface area contributed by atoms with Gasteiger partial charge < -0.3 is 38.1 Å². The zero-order chi connectivity index (χ0) is 34.9. The van der Waals surface area contributed by atoms with Crippen molar-refractivity contribution in [3.05, 3.63) is 29.3 Å². The first-order chi connectivity index (χ1) is 22.3. The van der Waals surface area contributed by atoms with Crippen LogP contribution in [0.25, 0.3) is 10.2 Å². The minimum absolute atomic E-state index is 0.0247. The number of ketones is 1. The van der Waals surface area contributed by atoms with Crippen molar-refractivity contribution >= 4 is 62.8 Å². The third-order valence-electron chi connectivity index (χ3n) is 7.15. The molecule has 0 saturated heterocycles. The largest absolute Gasteiger partial charge is 0.370 e. The van der Waals surface area contributed by atoms with Gasteiger partial charge in [0.05, 0.1) is 28.6 Å². The molecule has 0 saturated carbocycles. The Bertz CT molecular complexity index is 1380. The van der Waals surface area contributed by atoms with Crippen LogP contribution in [0.15, 0.2) is 24.3 Å². The van der Waals surface area contributed by atoms with Crippen LogP contribution in [0, 0.1) is 17.2 Å². The molecule has 2 rings (SSSR count). The smallest absolute Gasteiger partial charge is 0.240 e. The number of benzene rings is 1. The van der Waals surface area contributed by atoms with Gasteiger partial charge in [0.2, 0.25) is 35.3 Å². The molecule has 258 valence electrons. The number of Topliss-reactive ketones (excluding diaryl/α,β-unsaturated/α-hetero) is 1. The predicted molar refractivity (Wildman–Crippen MR) is 179 cm³/mol. The zero-order valence-electron chi connectivity index (χ0n) is 27.1. The number of fused-ring (bicyclic) bond motifs is 1. The maximum Gasteiger partial charge on any atom is 0.240 e. The Kier molecular flexibility index (Phi) is 16.3. The highest BCUT2D eigenvalue weighted by atomic mass is 32.1. The summed E-state index contributed by atoms with van der Waals surface area (Å²) < 4.78 is 0.836. The highest BCUT2D eigenvalue weighted by molar-refractivity contribution is 7.20. The number of hydrogen-bond donors (Lipinski definition) is 8. The Morgan fingerprint density at radius 1 is 0.872 bits per heavy atom. The van der Waals surface area contributed by atoms with E-state index >= 15 is 0 Å². The van der Waals surface area contributed by atoms with E-state index in [1.165, 1.54) is 18.3 Å². The van der Waals surface area contributed by atoms with E-state index in [0.29, 0.717) is 43.7 Å². The number of hydrogen-bond acceptors (Lipinski definition) is 9. The van der Waals surface area contributed by atoms with Crippen molar-refractivity contribution in [1.82, 2.24) is 31.6 Å². The number of aromatic nitrogens is 1. The molecular formula is C31H47N9O6S. The lowest BCUT2D eigenvalue weighted by molar-refractivity contribution is -0.129. The summed E-state index contributed by atoms with van der Waals surface area (Å²) >= 11 is 1.23. The maximum atomic E-state index is 13.7. The molecule has 10 N–H and O–H groups in total. The van der Waals surface area contributed by atoms with E-state index in [-0.39, 0.29) is 55.0 Å². The quantitative estimate of drug-likeness (QED) is 0.0401. The minimum atomic E-state index is -1.15. The first-order valence-electron chi connectivity index (χ1n) is 15.6. The molecule has 0 aliphatic heterocycles. The van der Waals surface area contributed by atoms with Gasteiger partial charge in [0, 0.05) is 33.0 Å². The lowest BCUT2D eigenvalue weighted by Gasteiger charge is -2.22. The van der Waals surface area contributed by atoms with Crippen LogP contribution < -0.4 is 38.1 Å².